The van der Waals surface area contributed by atoms with Crippen LogP contribution in [0.4, 0.5) is 8.78 Å². The largest absolute Gasteiger partial charge is 0.435 e. The molecule has 4 rings (SSSR count). The van der Waals surface area contributed by atoms with Crippen molar-refractivity contribution in [3.8, 4) is 5.75 Å². The molecule has 3 aromatic rings. The quantitative estimate of drug-likeness (QED) is 0.730. The molecule has 1 aliphatic carbocycles. The molecule has 1 aliphatic rings. The van der Waals surface area contributed by atoms with Gasteiger partial charge in [0.15, 0.2) is 0 Å². The van der Waals surface area contributed by atoms with Crippen molar-refractivity contribution in [2.24, 2.45) is 0 Å². The fraction of sp³-hybridized carbons (Fsp3) is 0.238. The van der Waals surface area contributed by atoms with Crippen molar-refractivity contribution in [1.29, 1.82) is 0 Å². The number of aryl methyl sites for hydroxylation is 1. The number of hydrogen-bond acceptors (Lipinski definition) is 3. The second-order valence-electron chi connectivity index (χ2n) is 6.54. The van der Waals surface area contributed by atoms with Crippen LogP contribution >= 0.6 is 0 Å². The molecule has 1 N–H and O–H groups in total. The van der Waals surface area contributed by atoms with E-state index in [-0.39, 0.29) is 17.7 Å². The van der Waals surface area contributed by atoms with Crippen LogP contribution in [0.5, 0.6) is 5.75 Å². The molecule has 138 valence electrons. The minimum Gasteiger partial charge on any atom is -0.435 e. The zero-order chi connectivity index (χ0) is 18.8. The van der Waals surface area contributed by atoms with Crippen molar-refractivity contribution in [3.63, 3.8) is 0 Å². The molecule has 1 amide bonds. The Balaban J connectivity index is 1.59. The van der Waals surface area contributed by atoms with Crippen molar-refractivity contribution in [1.82, 2.24) is 10.3 Å². The number of pyridine rings is 1. The van der Waals surface area contributed by atoms with Gasteiger partial charge in [-0.3, -0.25) is 9.78 Å². The molecule has 4 nitrogen and oxygen atoms in total. The third kappa shape index (κ3) is 3.60. The van der Waals surface area contributed by atoms with Gasteiger partial charge in [-0.1, -0.05) is 30.3 Å². The molecule has 0 spiro atoms. The van der Waals surface area contributed by atoms with Crippen LogP contribution in [-0.4, -0.2) is 17.5 Å². The van der Waals surface area contributed by atoms with Gasteiger partial charge in [0.05, 0.1) is 6.04 Å². The first-order valence-corrected chi connectivity index (χ1v) is 8.84. The highest BCUT2D eigenvalue weighted by molar-refractivity contribution is 6.05. The maximum Gasteiger partial charge on any atom is 0.387 e. The fourth-order valence-electron chi connectivity index (χ4n) is 3.64. The molecule has 1 heterocycles. The summed E-state index contributed by atoms with van der Waals surface area (Å²) >= 11 is 0. The highest BCUT2D eigenvalue weighted by Crippen LogP contribution is 2.33. The van der Waals surface area contributed by atoms with Gasteiger partial charge < -0.3 is 10.1 Å². The van der Waals surface area contributed by atoms with Gasteiger partial charge in [0.2, 0.25) is 0 Å². The van der Waals surface area contributed by atoms with Gasteiger partial charge in [-0.15, -0.1) is 0 Å². The van der Waals surface area contributed by atoms with E-state index in [1.54, 1.807) is 18.3 Å². The Morgan fingerprint density at radius 1 is 1.19 bits per heavy atom. The molecule has 0 saturated carbocycles. The first-order chi connectivity index (χ1) is 13.1. The summed E-state index contributed by atoms with van der Waals surface area (Å²) in [7, 11) is 0. The number of nitrogens with one attached hydrogen (secondary N) is 1. The second-order valence-corrected chi connectivity index (χ2v) is 6.54. The Bertz CT molecular complexity index is 986. The highest BCUT2D eigenvalue weighted by Gasteiger charge is 2.24. The van der Waals surface area contributed by atoms with Crippen molar-refractivity contribution in [3.05, 3.63) is 71.5 Å². The third-order valence-corrected chi connectivity index (χ3v) is 4.85. The summed E-state index contributed by atoms with van der Waals surface area (Å²) in [5, 5.41) is 4.81. The first-order valence-electron chi connectivity index (χ1n) is 8.84. The summed E-state index contributed by atoms with van der Waals surface area (Å²) < 4.78 is 29.3. The molecule has 0 bridgehead atoms. The van der Waals surface area contributed by atoms with Crippen LogP contribution in [0.15, 0.2) is 54.7 Å². The van der Waals surface area contributed by atoms with Gasteiger partial charge >= 0.3 is 6.61 Å². The van der Waals surface area contributed by atoms with Crippen LogP contribution in [0.2, 0.25) is 0 Å². The number of hydrogen-bond donors (Lipinski definition) is 1. The second kappa shape index (κ2) is 7.31. The molecule has 1 atom stereocenters. The van der Waals surface area contributed by atoms with E-state index in [0.29, 0.717) is 5.69 Å². The lowest BCUT2D eigenvalue weighted by atomic mass is 9.87. The lowest BCUT2D eigenvalue weighted by Crippen LogP contribution is -2.31. The molecule has 0 aliphatic heterocycles. The Morgan fingerprint density at radius 3 is 2.89 bits per heavy atom. The number of benzene rings is 2. The third-order valence-electron chi connectivity index (χ3n) is 4.85. The van der Waals surface area contributed by atoms with E-state index in [2.05, 4.69) is 15.0 Å². The van der Waals surface area contributed by atoms with Gasteiger partial charge in [-0.05, 0) is 54.0 Å². The van der Waals surface area contributed by atoms with Crippen molar-refractivity contribution >= 4 is 16.7 Å². The lowest BCUT2D eigenvalue weighted by Gasteiger charge is -2.27. The number of carbonyl (C=O) groups is 1. The molecular formula is C21H18F2N2O2. The number of amides is 1. The number of nitrogens with zero attached hydrogens (tertiary/aromatic N) is 1. The minimum atomic E-state index is -2.85. The molecule has 0 radical (unpaired) electrons. The summed E-state index contributed by atoms with van der Waals surface area (Å²) in [6, 6.07) is 14.2. The average molecular weight is 368 g/mol. The Kier molecular flexibility index (Phi) is 4.71. The van der Waals surface area contributed by atoms with Gasteiger partial charge in [0.25, 0.3) is 5.91 Å². The molecular weight excluding hydrogens is 350 g/mol. The van der Waals surface area contributed by atoms with Crippen molar-refractivity contribution in [2.45, 2.75) is 31.9 Å². The van der Waals surface area contributed by atoms with E-state index in [0.717, 1.165) is 41.2 Å². The van der Waals surface area contributed by atoms with Gasteiger partial charge in [0.1, 0.15) is 11.4 Å². The smallest absolute Gasteiger partial charge is 0.387 e. The number of ether oxygens (including phenoxy) is 1. The monoisotopic (exact) mass is 368 g/mol. The average Bonchev–Trinajstić information content (AvgIpc) is 2.67. The van der Waals surface area contributed by atoms with Gasteiger partial charge in [0, 0.05) is 11.6 Å². The number of alkyl halides is 2. The molecule has 1 unspecified atom stereocenters. The Morgan fingerprint density at radius 2 is 2.04 bits per heavy atom. The van der Waals surface area contributed by atoms with E-state index >= 15 is 0 Å². The van der Waals surface area contributed by atoms with Crippen LogP contribution < -0.4 is 10.1 Å². The Labute approximate surface area is 155 Å². The van der Waals surface area contributed by atoms with Crippen LogP contribution in [0.3, 0.4) is 0 Å². The zero-order valence-corrected chi connectivity index (χ0v) is 14.5. The lowest BCUT2D eigenvalue weighted by molar-refractivity contribution is -0.0499. The zero-order valence-electron chi connectivity index (χ0n) is 14.5. The molecule has 6 heteroatoms. The molecule has 2 aromatic carbocycles. The van der Waals surface area contributed by atoms with Gasteiger partial charge in [-0.25, -0.2) is 0 Å². The van der Waals surface area contributed by atoms with Gasteiger partial charge in [-0.2, -0.15) is 8.78 Å². The summed E-state index contributed by atoms with van der Waals surface area (Å²) in [5.41, 5.74) is 2.25. The molecule has 0 fully saturated rings. The number of rotatable bonds is 4. The van der Waals surface area contributed by atoms with E-state index in [1.807, 2.05) is 30.3 Å². The van der Waals surface area contributed by atoms with E-state index in [4.69, 9.17) is 0 Å². The number of halogens is 2. The van der Waals surface area contributed by atoms with Crippen LogP contribution in [0, 0.1) is 0 Å². The first kappa shape index (κ1) is 17.4. The molecule has 0 saturated heterocycles. The number of fused-ring (bicyclic) bond motifs is 2. The standard InChI is InChI=1S/C21H18F2N2O2/c22-21(23)27-15-8-9-16-14(12-15)5-3-7-18(16)25-20(26)19-17-6-2-1-4-13(17)10-11-24-19/h1-2,4,6,8-12,18,21H,3,5,7H2,(H,25,26). The number of carbonyl (C=O) groups excluding carboxylic acids is 1. The summed E-state index contributed by atoms with van der Waals surface area (Å²) in [5.74, 6) is -0.0935. The van der Waals surface area contributed by atoms with Crippen LogP contribution in [-0.2, 0) is 6.42 Å². The fourth-order valence-corrected chi connectivity index (χ4v) is 3.64. The van der Waals surface area contributed by atoms with E-state index in [1.165, 1.54) is 6.07 Å². The van der Waals surface area contributed by atoms with Crippen LogP contribution in [0.25, 0.3) is 10.8 Å². The SMILES string of the molecule is O=C(NC1CCCc2cc(OC(F)F)ccc21)c1nccc2ccccc12. The molecule has 27 heavy (non-hydrogen) atoms. The van der Waals surface area contributed by atoms with E-state index < -0.39 is 6.61 Å². The topological polar surface area (TPSA) is 51.2 Å². The van der Waals surface area contributed by atoms with E-state index in [9.17, 15) is 13.6 Å². The molecule has 1 aromatic heterocycles. The maximum atomic E-state index is 12.9. The van der Waals surface area contributed by atoms with Crippen LogP contribution in [0.1, 0.15) is 40.5 Å². The number of aromatic nitrogens is 1. The maximum absolute atomic E-state index is 12.9. The summed E-state index contributed by atoms with van der Waals surface area (Å²) in [6.45, 7) is -2.85. The predicted molar refractivity (Wildman–Crippen MR) is 98.0 cm³/mol. The summed E-state index contributed by atoms with van der Waals surface area (Å²) in [4.78, 5) is 17.1. The highest BCUT2D eigenvalue weighted by atomic mass is 19.3. The summed E-state index contributed by atoms with van der Waals surface area (Å²) in [6.07, 6.45) is 4.05. The minimum absolute atomic E-state index is 0.145. The van der Waals surface area contributed by atoms with Crippen molar-refractivity contribution in [2.75, 3.05) is 0 Å². The normalized spacial score (nSPS) is 16.2. The predicted octanol–water partition coefficient (Wildman–Crippen LogP) is 4.64. The Hall–Kier alpha value is -3.02. The van der Waals surface area contributed by atoms with Crippen molar-refractivity contribution < 1.29 is 18.3 Å².